The monoisotopic (exact) mass is 316 g/mol. The maximum Gasteiger partial charge on any atom is 0.226 e. The second-order valence-corrected chi connectivity index (χ2v) is 5.93. The average molecular weight is 317 g/mol. The molecule has 0 aliphatic rings. The van der Waals surface area contributed by atoms with Crippen LogP contribution >= 0.6 is 23.4 Å². The number of rotatable bonds is 4. The summed E-state index contributed by atoms with van der Waals surface area (Å²) < 4.78 is 5.51. The van der Waals surface area contributed by atoms with E-state index >= 15 is 0 Å². The Morgan fingerprint density at radius 1 is 1.14 bits per heavy atom. The lowest BCUT2D eigenvalue weighted by atomic mass is 10.2. The zero-order valence-electron chi connectivity index (χ0n) is 11.1. The number of aromatic nitrogens is 1. The number of hydrogen-bond donors (Lipinski definition) is 1. The van der Waals surface area contributed by atoms with Crippen molar-refractivity contribution in [1.82, 2.24) is 4.98 Å². The van der Waals surface area contributed by atoms with E-state index in [0.717, 1.165) is 16.2 Å². The summed E-state index contributed by atoms with van der Waals surface area (Å²) >= 11 is 7.50. The Balaban J connectivity index is 1.70. The number of benzene rings is 2. The number of oxazole rings is 1. The molecular weight excluding hydrogens is 304 g/mol. The maximum absolute atomic E-state index is 5.93. The van der Waals surface area contributed by atoms with E-state index < -0.39 is 0 Å². The molecular formula is C16H13ClN2OS. The molecule has 21 heavy (non-hydrogen) atoms. The number of hydrogen-bond acceptors (Lipinski definition) is 4. The van der Waals surface area contributed by atoms with E-state index in [-0.39, 0.29) is 0 Å². The van der Waals surface area contributed by atoms with Gasteiger partial charge in [-0.25, -0.2) is 4.98 Å². The smallest absolute Gasteiger partial charge is 0.226 e. The van der Waals surface area contributed by atoms with Crippen LogP contribution in [-0.2, 0) is 5.75 Å². The molecule has 1 heterocycles. The summed E-state index contributed by atoms with van der Waals surface area (Å²) in [7, 11) is 0. The van der Waals surface area contributed by atoms with Gasteiger partial charge in [-0.2, -0.15) is 0 Å². The fraction of sp³-hybridized carbons (Fsp3) is 0.0625. The van der Waals surface area contributed by atoms with E-state index in [2.05, 4.69) is 4.98 Å². The van der Waals surface area contributed by atoms with Crippen LogP contribution in [0, 0.1) is 0 Å². The Labute approximate surface area is 132 Å². The molecule has 2 aromatic carbocycles. The van der Waals surface area contributed by atoms with E-state index in [0.29, 0.717) is 22.4 Å². The highest BCUT2D eigenvalue weighted by atomic mass is 35.5. The third kappa shape index (κ3) is 3.40. The fourth-order valence-corrected chi connectivity index (χ4v) is 2.90. The van der Waals surface area contributed by atoms with Crippen LogP contribution in [0.1, 0.15) is 5.69 Å². The summed E-state index contributed by atoms with van der Waals surface area (Å²) in [6.45, 7) is 0. The minimum Gasteiger partial charge on any atom is -0.444 e. The van der Waals surface area contributed by atoms with Gasteiger partial charge in [0.2, 0.25) is 5.89 Å². The van der Waals surface area contributed by atoms with Crippen molar-refractivity contribution in [2.24, 2.45) is 0 Å². The van der Waals surface area contributed by atoms with Crippen molar-refractivity contribution in [1.29, 1.82) is 0 Å². The molecule has 0 saturated heterocycles. The van der Waals surface area contributed by atoms with Crippen LogP contribution in [0.4, 0.5) is 5.69 Å². The predicted octanol–water partition coefficient (Wildman–Crippen LogP) is 4.87. The standard InChI is InChI=1S/C16H13ClN2OS/c17-12-6-7-15(14(18)8-12)21-10-13-9-20-16(19-13)11-4-2-1-3-5-11/h1-9H,10,18H2. The molecule has 0 spiro atoms. The molecule has 0 atom stereocenters. The molecule has 106 valence electrons. The number of nitrogens with zero attached hydrogens (tertiary/aromatic N) is 1. The number of thioether (sulfide) groups is 1. The van der Waals surface area contributed by atoms with Gasteiger partial charge >= 0.3 is 0 Å². The lowest BCUT2D eigenvalue weighted by molar-refractivity contribution is 0.573. The molecule has 1 aromatic heterocycles. The van der Waals surface area contributed by atoms with Gasteiger partial charge < -0.3 is 10.2 Å². The van der Waals surface area contributed by atoms with Crippen LogP contribution < -0.4 is 5.73 Å². The zero-order valence-corrected chi connectivity index (χ0v) is 12.7. The Morgan fingerprint density at radius 2 is 1.95 bits per heavy atom. The Morgan fingerprint density at radius 3 is 2.71 bits per heavy atom. The summed E-state index contributed by atoms with van der Waals surface area (Å²) in [5.74, 6) is 1.33. The first-order chi connectivity index (χ1) is 10.2. The quantitative estimate of drug-likeness (QED) is 0.551. The topological polar surface area (TPSA) is 52.0 Å². The maximum atomic E-state index is 5.93. The Hall–Kier alpha value is -1.91. The largest absolute Gasteiger partial charge is 0.444 e. The normalized spacial score (nSPS) is 10.7. The van der Waals surface area contributed by atoms with Crippen molar-refractivity contribution >= 4 is 29.1 Å². The van der Waals surface area contributed by atoms with E-state index in [4.69, 9.17) is 21.8 Å². The van der Waals surface area contributed by atoms with Crippen LogP contribution in [-0.4, -0.2) is 4.98 Å². The van der Waals surface area contributed by atoms with Gasteiger partial charge in [0.1, 0.15) is 6.26 Å². The number of nitrogen functional groups attached to an aromatic ring is 1. The van der Waals surface area contributed by atoms with Crippen molar-refractivity contribution in [3.8, 4) is 11.5 Å². The van der Waals surface area contributed by atoms with Crippen molar-refractivity contribution in [2.45, 2.75) is 10.6 Å². The van der Waals surface area contributed by atoms with Gasteiger partial charge in [-0.05, 0) is 30.3 Å². The highest BCUT2D eigenvalue weighted by Crippen LogP contribution is 2.30. The third-order valence-corrected chi connectivity index (χ3v) is 4.28. The van der Waals surface area contributed by atoms with Gasteiger partial charge in [0.15, 0.2) is 0 Å². The fourth-order valence-electron chi connectivity index (χ4n) is 1.89. The first-order valence-corrected chi connectivity index (χ1v) is 7.76. The average Bonchev–Trinajstić information content (AvgIpc) is 2.96. The highest BCUT2D eigenvalue weighted by molar-refractivity contribution is 7.98. The Kier molecular flexibility index (Phi) is 4.18. The summed E-state index contributed by atoms with van der Waals surface area (Å²) in [6, 6.07) is 15.3. The van der Waals surface area contributed by atoms with Crippen molar-refractivity contribution < 1.29 is 4.42 Å². The molecule has 0 unspecified atom stereocenters. The lowest BCUT2D eigenvalue weighted by Gasteiger charge is -2.03. The molecule has 2 N–H and O–H groups in total. The summed E-state index contributed by atoms with van der Waals surface area (Å²) in [5, 5.41) is 0.643. The van der Waals surface area contributed by atoms with Gasteiger partial charge in [0.25, 0.3) is 0 Å². The molecule has 3 aromatic rings. The van der Waals surface area contributed by atoms with Crippen LogP contribution in [0.25, 0.3) is 11.5 Å². The molecule has 0 fully saturated rings. The predicted molar refractivity (Wildman–Crippen MR) is 87.4 cm³/mol. The van der Waals surface area contributed by atoms with Crippen molar-refractivity contribution in [3.63, 3.8) is 0 Å². The molecule has 0 aliphatic carbocycles. The minimum atomic E-state index is 0.635. The van der Waals surface area contributed by atoms with Crippen LogP contribution in [0.15, 0.2) is 64.1 Å². The molecule has 5 heteroatoms. The van der Waals surface area contributed by atoms with Crippen molar-refractivity contribution in [3.05, 3.63) is 65.5 Å². The molecule has 0 amide bonds. The van der Waals surface area contributed by atoms with Gasteiger partial charge in [-0.15, -0.1) is 11.8 Å². The van der Waals surface area contributed by atoms with Crippen LogP contribution in [0.3, 0.4) is 0 Å². The second-order valence-electron chi connectivity index (χ2n) is 4.48. The summed E-state index contributed by atoms with van der Waals surface area (Å²) in [6.07, 6.45) is 1.68. The SMILES string of the molecule is Nc1cc(Cl)ccc1SCc1coc(-c2ccccc2)n1. The first kappa shape index (κ1) is 14.0. The van der Waals surface area contributed by atoms with Gasteiger partial charge in [0, 0.05) is 26.9 Å². The van der Waals surface area contributed by atoms with Crippen molar-refractivity contribution in [2.75, 3.05) is 5.73 Å². The highest BCUT2D eigenvalue weighted by Gasteiger charge is 2.08. The summed E-state index contributed by atoms with van der Waals surface area (Å²) in [5.41, 5.74) is 8.47. The Bertz CT molecular complexity index is 743. The molecule has 0 saturated carbocycles. The van der Waals surface area contributed by atoms with E-state index in [1.165, 1.54) is 0 Å². The molecule has 0 aliphatic heterocycles. The lowest BCUT2D eigenvalue weighted by Crippen LogP contribution is -1.89. The second kappa shape index (κ2) is 6.24. The number of nitrogens with two attached hydrogens (primary N) is 1. The molecule has 0 bridgehead atoms. The zero-order chi connectivity index (χ0) is 14.7. The van der Waals surface area contributed by atoms with E-state index in [1.54, 1.807) is 24.1 Å². The number of anilines is 1. The van der Waals surface area contributed by atoms with Crippen LogP contribution in [0.5, 0.6) is 0 Å². The van der Waals surface area contributed by atoms with Gasteiger partial charge in [-0.3, -0.25) is 0 Å². The molecule has 3 rings (SSSR count). The minimum absolute atomic E-state index is 0.635. The first-order valence-electron chi connectivity index (χ1n) is 6.40. The third-order valence-electron chi connectivity index (χ3n) is 2.92. The van der Waals surface area contributed by atoms with Gasteiger partial charge in [0.05, 0.1) is 5.69 Å². The number of halogens is 1. The van der Waals surface area contributed by atoms with E-state index in [1.807, 2.05) is 42.5 Å². The summed E-state index contributed by atoms with van der Waals surface area (Å²) in [4.78, 5) is 5.48. The van der Waals surface area contributed by atoms with Crippen LogP contribution in [0.2, 0.25) is 5.02 Å². The molecule has 0 radical (unpaired) electrons. The molecule has 3 nitrogen and oxygen atoms in total. The van der Waals surface area contributed by atoms with Gasteiger partial charge in [-0.1, -0.05) is 29.8 Å². The van der Waals surface area contributed by atoms with E-state index in [9.17, 15) is 0 Å².